The fourth-order valence-electron chi connectivity index (χ4n) is 3.48. The van der Waals surface area contributed by atoms with Crippen molar-refractivity contribution in [1.82, 2.24) is 0 Å². The summed E-state index contributed by atoms with van der Waals surface area (Å²) in [5.41, 5.74) is 0. The van der Waals surface area contributed by atoms with Gasteiger partial charge in [-0.05, 0) is 25.7 Å². The summed E-state index contributed by atoms with van der Waals surface area (Å²) in [6, 6.07) is 11.3. The minimum atomic E-state index is -1.48. The monoisotopic (exact) mass is 344 g/mol. The van der Waals surface area contributed by atoms with Crippen LogP contribution in [0, 0.1) is 0 Å². The topological polar surface area (TPSA) is 0 Å². The van der Waals surface area contributed by atoms with Crippen LogP contribution in [0.25, 0.3) is 0 Å². The Morgan fingerprint density at radius 2 is 1.38 bits per heavy atom. The lowest BCUT2D eigenvalue weighted by atomic mass is 10.1. The fraction of sp³-hybridized carbons (Fsp3) is 0.652. The lowest BCUT2D eigenvalue weighted by Crippen LogP contribution is -2.43. The van der Waals surface area contributed by atoms with Crippen LogP contribution in [0.3, 0.4) is 0 Å². The molecule has 0 radical (unpaired) electrons. The molecule has 0 aliphatic heterocycles. The average molecular weight is 345 g/mol. The number of hydrogen-bond donors (Lipinski definition) is 0. The molecule has 1 rings (SSSR count). The van der Waals surface area contributed by atoms with Crippen molar-refractivity contribution in [2.75, 3.05) is 0 Å². The predicted molar refractivity (Wildman–Crippen MR) is 114 cm³/mol. The minimum absolute atomic E-state index is 1.29. The second-order valence-electron chi connectivity index (χ2n) is 7.73. The van der Waals surface area contributed by atoms with Gasteiger partial charge in [0.25, 0.3) is 0 Å². The Bertz CT molecular complexity index is 444. The van der Waals surface area contributed by atoms with E-state index in [1.165, 1.54) is 70.6 Å². The number of allylic oxidation sites excluding steroid dienone is 2. The van der Waals surface area contributed by atoms with Crippen LogP contribution in [0.15, 0.2) is 41.6 Å². The van der Waals surface area contributed by atoms with Crippen molar-refractivity contribution in [1.29, 1.82) is 0 Å². The van der Waals surface area contributed by atoms with E-state index in [9.17, 15) is 0 Å². The molecule has 1 heteroatoms. The summed E-state index contributed by atoms with van der Waals surface area (Å²) in [6.45, 7) is 9.69. The molecule has 0 heterocycles. The highest BCUT2D eigenvalue weighted by Gasteiger charge is 2.27. The van der Waals surface area contributed by atoms with Crippen LogP contribution in [0.4, 0.5) is 0 Å². The van der Waals surface area contributed by atoms with Gasteiger partial charge in [-0.2, -0.15) is 0 Å². The van der Waals surface area contributed by atoms with E-state index in [1.54, 1.807) is 10.4 Å². The van der Waals surface area contributed by atoms with E-state index in [2.05, 4.69) is 63.3 Å². The molecule has 0 saturated carbocycles. The molecule has 0 N–H and O–H groups in total. The van der Waals surface area contributed by atoms with Gasteiger partial charge in [0, 0.05) is 0 Å². The minimum Gasteiger partial charge on any atom is -0.0888 e. The van der Waals surface area contributed by atoms with Gasteiger partial charge in [-0.25, -0.2) is 0 Å². The highest BCUT2D eigenvalue weighted by atomic mass is 28.3. The molecule has 0 saturated heterocycles. The first-order valence-corrected chi connectivity index (χ1v) is 13.4. The van der Waals surface area contributed by atoms with Gasteiger partial charge in [0.15, 0.2) is 0 Å². The van der Waals surface area contributed by atoms with Crippen molar-refractivity contribution >= 4 is 13.3 Å². The van der Waals surface area contributed by atoms with Crippen molar-refractivity contribution < 1.29 is 0 Å². The highest BCUT2D eigenvalue weighted by Crippen LogP contribution is 2.23. The zero-order chi connectivity index (χ0) is 17.7. The van der Waals surface area contributed by atoms with E-state index < -0.39 is 8.07 Å². The third-order valence-electron chi connectivity index (χ3n) is 5.30. The van der Waals surface area contributed by atoms with E-state index in [-0.39, 0.29) is 0 Å². The van der Waals surface area contributed by atoms with Gasteiger partial charge in [0.05, 0.1) is 0 Å². The fourth-order valence-corrected chi connectivity index (χ4v) is 6.33. The summed E-state index contributed by atoms with van der Waals surface area (Å²) in [4.78, 5) is 0. The van der Waals surface area contributed by atoms with E-state index in [0.717, 1.165) is 0 Å². The van der Waals surface area contributed by atoms with E-state index >= 15 is 0 Å². The Morgan fingerprint density at radius 3 is 2.00 bits per heavy atom. The molecular formula is C23H40Si. The Labute approximate surface area is 152 Å². The van der Waals surface area contributed by atoms with Gasteiger partial charge >= 0.3 is 0 Å². The Hall–Kier alpha value is -0.823. The van der Waals surface area contributed by atoms with E-state index in [4.69, 9.17) is 0 Å². The van der Waals surface area contributed by atoms with Crippen LogP contribution < -0.4 is 5.19 Å². The van der Waals surface area contributed by atoms with Crippen LogP contribution in [0.1, 0.15) is 84.5 Å². The molecule has 0 atom stereocenters. The quantitative estimate of drug-likeness (QED) is 0.258. The third kappa shape index (κ3) is 7.83. The summed E-state index contributed by atoms with van der Waals surface area (Å²) < 4.78 is 0. The summed E-state index contributed by atoms with van der Waals surface area (Å²) in [7, 11) is -1.48. The maximum atomic E-state index is 2.63. The Morgan fingerprint density at radius 1 is 0.792 bits per heavy atom. The smallest absolute Gasteiger partial charge is 0.0888 e. The van der Waals surface area contributed by atoms with Crippen molar-refractivity contribution in [3.05, 3.63) is 41.6 Å². The second-order valence-corrected chi connectivity index (χ2v) is 12.2. The Balaban J connectivity index is 2.69. The maximum Gasteiger partial charge on any atom is 0.107 e. The summed E-state index contributed by atoms with van der Waals surface area (Å²) in [6.07, 6.45) is 17.7. The van der Waals surface area contributed by atoms with Crippen molar-refractivity contribution in [3.63, 3.8) is 0 Å². The number of benzene rings is 1. The molecule has 0 unspecified atom stereocenters. The van der Waals surface area contributed by atoms with Gasteiger partial charge in [-0.3, -0.25) is 0 Å². The van der Waals surface area contributed by atoms with Crippen LogP contribution in [-0.2, 0) is 0 Å². The lowest BCUT2D eigenvalue weighted by molar-refractivity contribution is 0.632. The van der Waals surface area contributed by atoms with Crippen molar-refractivity contribution in [3.8, 4) is 0 Å². The molecule has 0 aliphatic carbocycles. The molecule has 24 heavy (non-hydrogen) atoms. The first-order chi connectivity index (χ1) is 11.6. The van der Waals surface area contributed by atoms with Crippen LogP contribution in [-0.4, -0.2) is 8.07 Å². The summed E-state index contributed by atoms with van der Waals surface area (Å²) >= 11 is 0. The van der Waals surface area contributed by atoms with Crippen LogP contribution in [0.2, 0.25) is 13.1 Å². The molecule has 0 nitrogen and oxygen atoms in total. The lowest BCUT2D eigenvalue weighted by Gasteiger charge is -2.27. The number of rotatable bonds is 13. The molecule has 0 aliphatic rings. The largest absolute Gasteiger partial charge is 0.107 e. The zero-order valence-electron chi connectivity index (χ0n) is 16.7. The SMILES string of the molecule is CCCCCC/C=C(/CCCCCCC)[Si](C)(C)c1ccccc1. The molecule has 0 aromatic heterocycles. The van der Waals surface area contributed by atoms with Gasteiger partial charge in [0.1, 0.15) is 8.07 Å². The summed E-state index contributed by atoms with van der Waals surface area (Å²) in [5, 5.41) is 3.39. The predicted octanol–water partition coefficient (Wildman–Crippen LogP) is 7.40. The molecular weight excluding hydrogens is 304 g/mol. The van der Waals surface area contributed by atoms with Gasteiger partial charge in [-0.1, -0.05) is 119 Å². The Kier molecular flexibility index (Phi) is 11.1. The summed E-state index contributed by atoms with van der Waals surface area (Å²) in [5.74, 6) is 0. The van der Waals surface area contributed by atoms with E-state index in [0.29, 0.717) is 0 Å². The average Bonchev–Trinajstić information content (AvgIpc) is 2.60. The zero-order valence-corrected chi connectivity index (χ0v) is 17.7. The van der Waals surface area contributed by atoms with E-state index in [1.807, 2.05) is 0 Å². The molecule has 0 fully saturated rings. The molecule has 0 spiro atoms. The second kappa shape index (κ2) is 12.5. The van der Waals surface area contributed by atoms with Gasteiger partial charge in [-0.15, -0.1) is 0 Å². The van der Waals surface area contributed by atoms with Crippen molar-refractivity contribution in [2.24, 2.45) is 0 Å². The standard InChI is InChI=1S/C23H40Si/c1-5-7-9-11-14-18-22(19-15-12-10-8-6-2)24(3,4)23-20-16-13-17-21-23/h13,16-18,20-21H,5-12,14-15,19H2,1-4H3/b22-18-. The molecule has 0 amide bonds. The van der Waals surface area contributed by atoms with Crippen LogP contribution in [0.5, 0.6) is 0 Å². The van der Waals surface area contributed by atoms with Gasteiger partial charge in [0.2, 0.25) is 0 Å². The maximum absolute atomic E-state index is 2.63. The first kappa shape index (κ1) is 21.2. The van der Waals surface area contributed by atoms with Crippen molar-refractivity contribution in [2.45, 2.75) is 97.6 Å². The normalized spacial score (nSPS) is 12.6. The number of hydrogen-bond acceptors (Lipinski definition) is 0. The van der Waals surface area contributed by atoms with Gasteiger partial charge < -0.3 is 0 Å². The van der Waals surface area contributed by atoms with Crippen LogP contribution >= 0.6 is 0 Å². The first-order valence-electron chi connectivity index (χ1n) is 10.4. The third-order valence-corrected chi connectivity index (χ3v) is 9.13. The molecule has 136 valence electrons. The highest BCUT2D eigenvalue weighted by molar-refractivity contribution is 6.95. The molecule has 0 bridgehead atoms. The molecule has 1 aromatic carbocycles. The number of unbranched alkanes of at least 4 members (excludes halogenated alkanes) is 8. The molecule has 1 aromatic rings.